The van der Waals surface area contributed by atoms with Crippen LogP contribution >= 0.6 is 0 Å². The van der Waals surface area contributed by atoms with Gasteiger partial charge in [-0.1, -0.05) is 36.4 Å². The van der Waals surface area contributed by atoms with E-state index in [2.05, 4.69) is 9.88 Å². The SMILES string of the molecule is O=C1C(=Cc2ccccc2)Oc2c1ccc1c2CN(Cc2ccccn2)CO1. The average Bonchev–Trinajstić information content (AvgIpc) is 3.05. The molecule has 0 amide bonds. The van der Waals surface area contributed by atoms with Crippen molar-refractivity contribution in [1.82, 2.24) is 9.88 Å². The molecule has 5 rings (SSSR count). The first-order valence-corrected chi connectivity index (χ1v) is 9.18. The first kappa shape index (κ1) is 16.7. The zero-order valence-electron chi connectivity index (χ0n) is 15.2. The fourth-order valence-electron chi connectivity index (χ4n) is 3.53. The van der Waals surface area contributed by atoms with E-state index in [1.807, 2.05) is 54.6 Å². The maximum atomic E-state index is 12.8. The molecule has 0 N–H and O–H groups in total. The summed E-state index contributed by atoms with van der Waals surface area (Å²) >= 11 is 0. The number of carbonyl (C=O) groups is 1. The van der Waals surface area contributed by atoms with Gasteiger partial charge < -0.3 is 9.47 Å². The molecule has 0 radical (unpaired) electrons. The van der Waals surface area contributed by atoms with E-state index in [9.17, 15) is 4.79 Å². The van der Waals surface area contributed by atoms with E-state index >= 15 is 0 Å². The van der Waals surface area contributed by atoms with Crippen LogP contribution in [0, 0.1) is 0 Å². The lowest BCUT2D eigenvalue weighted by Crippen LogP contribution is -2.32. The second-order valence-corrected chi connectivity index (χ2v) is 6.85. The van der Waals surface area contributed by atoms with Crippen LogP contribution in [-0.2, 0) is 13.1 Å². The summed E-state index contributed by atoms with van der Waals surface area (Å²) in [5.41, 5.74) is 3.40. The lowest BCUT2D eigenvalue weighted by molar-refractivity contribution is 0.0861. The third kappa shape index (κ3) is 3.06. The minimum Gasteiger partial charge on any atom is -0.478 e. The third-order valence-electron chi connectivity index (χ3n) is 4.89. The van der Waals surface area contributed by atoms with Crippen molar-refractivity contribution in [3.8, 4) is 11.5 Å². The highest BCUT2D eigenvalue weighted by atomic mass is 16.5. The van der Waals surface area contributed by atoms with Crippen molar-refractivity contribution in [3.63, 3.8) is 0 Å². The number of hydrogen-bond donors (Lipinski definition) is 0. The molecule has 0 spiro atoms. The molecule has 0 fully saturated rings. The number of hydrogen-bond acceptors (Lipinski definition) is 5. The van der Waals surface area contributed by atoms with Gasteiger partial charge in [0.2, 0.25) is 5.78 Å². The molecular weight excluding hydrogens is 352 g/mol. The van der Waals surface area contributed by atoms with Gasteiger partial charge in [-0.15, -0.1) is 0 Å². The van der Waals surface area contributed by atoms with Gasteiger partial charge in [0.05, 0.1) is 16.8 Å². The van der Waals surface area contributed by atoms with Crippen molar-refractivity contribution < 1.29 is 14.3 Å². The fourth-order valence-corrected chi connectivity index (χ4v) is 3.53. The number of nitrogens with zero attached hydrogens (tertiary/aromatic N) is 2. The molecule has 0 bridgehead atoms. The van der Waals surface area contributed by atoms with Crippen LogP contribution in [0.4, 0.5) is 0 Å². The number of ketones is 1. The summed E-state index contributed by atoms with van der Waals surface area (Å²) in [6, 6.07) is 19.2. The molecule has 0 unspecified atom stereocenters. The quantitative estimate of drug-likeness (QED) is 0.651. The summed E-state index contributed by atoms with van der Waals surface area (Å²) in [7, 11) is 0. The second kappa shape index (κ2) is 6.94. The largest absolute Gasteiger partial charge is 0.478 e. The summed E-state index contributed by atoms with van der Waals surface area (Å²) in [4.78, 5) is 19.3. The Morgan fingerprint density at radius 3 is 2.71 bits per heavy atom. The van der Waals surface area contributed by atoms with Crippen molar-refractivity contribution in [2.45, 2.75) is 13.1 Å². The molecule has 1 aromatic heterocycles. The smallest absolute Gasteiger partial charge is 0.231 e. The summed E-state index contributed by atoms with van der Waals surface area (Å²) in [6.45, 7) is 1.79. The predicted molar refractivity (Wildman–Crippen MR) is 105 cm³/mol. The van der Waals surface area contributed by atoms with Crippen LogP contribution in [0.3, 0.4) is 0 Å². The van der Waals surface area contributed by atoms with Gasteiger partial charge in [-0.3, -0.25) is 14.7 Å². The monoisotopic (exact) mass is 370 g/mol. The molecule has 0 saturated carbocycles. The molecule has 3 aromatic rings. The van der Waals surface area contributed by atoms with Gasteiger partial charge >= 0.3 is 0 Å². The van der Waals surface area contributed by atoms with Crippen LogP contribution in [0.5, 0.6) is 11.5 Å². The Morgan fingerprint density at radius 2 is 1.89 bits per heavy atom. The Kier molecular flexibility index (Phi) is 4.14. The number of allylic oxidation sites excluding steroid dienone is 1. The van der Waals surface area contributed by atoms with E-state index in [0.29, 0.717) is 36.9 Å². The van der Waals surface area contributed by atoms with Crippen molar-refractivity contribution in [3.05, 3.63) is 95.0 Å². The van der Waals surface area contributed by atoms with E-state index in [4.69, 9.17) is 9.47 Å². The molecule has 28 heavy (non-hydrogen) atoms. The maximum Gasteiger partial charge on any atom is 0.231 e. The minimum atomic E-state index is -0.0940. The normalized spacial score (nSPS) is 17.0. The van der Waals surface area contributed by atoms with Crippen LogP contribution in [0.2, 0.25) is 0 Å². The first-order chi connectivity index (χ1) is 13.8. The molecule has 2 aliphatic heterocycles. The lowest BCUT2D eigenvalue weighted by atomic mass is 10.0. The lowest BCUT2D eigenvalue weighted by Gasteiger charge is -2.29. The average molecular weight is 370 g/mol. The van der Waals surface area contributed by atoms with Crippen molar-refractivity contribution in [2.24, 2.45) is 0 Å². The van der Waals surface area contributed by atoms with E-state index < -0.39 is 0 Å². The zero-order chi connectivity index (χ0) is 18.9. The van der Waals surface area contributed by atoms with Gasteiger partial charge in [-0.25, -0.2) is 0 Å². The Labute approximate surface area is 162 Å². The number of aromatic nitrogens is 1. The number of ether oxygens (including phenoxy) is 2. The van der Waals surface area contributed by atoms with E-state index in [0.717, 1.165) is 22.6 Å². The van der Waals surface area contributed by atoms with E-state index in [1.54, 1.807) is 18.3 Å². The number of rotatable bonds is 3. The zero-order valence-corrected chi connectivity index (χ0v) is 15.2. The van der Waals surface area contributed by atoms with Crippen LogP contribution in [-0.4, -0.2) is 22.4 Å². The van der Waals surface area contributed by atoms with Gasteiger partial charge in [0.15, 0.2) is 5.76 Å². The third-order valence-corrected chi connectivity index (χ3v) is 4.89. The fraction of sp³-hybridized carbons (Fsp3) is 0.130. The summed E-state index contributed by atoms with van der Waals surface area (Å²) in [6.07, 6.45) is 3.57. The summed E-state index contributed by atoms with van der Waals surface area (Å²) in [5.74, 6) is 1.63. The van der Waals surface area contributed by atoms with Crippen LogP contribution < -0.4 is 9.47 Å². The standard InChI is InChI=1S/C23H18N2O3/c26-22-18-9-10-20-19(14-25(15-27-20)13-17-8-4-5-11-24-17)23(18)28-21(22)12-16-6-2-1-3-7-16/h1-12H,13-15H2. The number of benzene rings is 2. The molecule has 2 aliphatic rings. The van der Waals surface area contributed by atoms with Crippen molar-refractivity contribution in [2.75, 3.05) is 6.73 Å². The molecule has 5 heteroatoms. The highest BCUT2D eigenvalue weighted by Gasteiger charge is 2.33. The Morgan fingerprint density at radius 1 is 1.04 bits per heavy atom. The molecule has 3 heterocycles. The number of pyridine rings is 1. The molecule has 138 valence electrons. The first-order valence-electron chi connectivity index (χ1n) is 9.18. The number of Topliss-reactive ketones (excluding diaryl/α,β-unsaturated/α-hetero) is 1. The van der Waals surface area contributed by atoms with Crippen LogP contribution in [0.25, 0.3) is 6.08 Å². The van der Waals surface area contributed by atoms with Crippen LogP contribution in [0.15, 0.2) is 72.6 Å². The van der Waals surface area contributed by atoms with Gasteiger partial charge in [0.25, 0.3) is 0 Å². The molecule has 0 atom stereocenters. The number of fused-ring (bicyclic) bond motifs is 3. The molecule has 0 aliphatic carbocycles. The topological polar surface area (TPSA) is 51.7 Å². The molecule has 5 nitrogen and oxygen atoms in total. The van der Waals surface area contributed by atoms with Crippen LogP contribution in [0.1, 0.15) is 27.2 Å². The van der Waals surface area contributed by atoms with Crippen molar-refractivity contribution in [1.29, 1.82) is 0 Å². The Balaban J connectivity index is 1.44. The minimum absolute atomic E-state index is 0.0940. The van der Waals surface area contributed by atoms with Gasteiger partial charge in [-0.2, -0.15) is 0 Å². The molecular formula is C23H18N2O3. The second-order valence-electron chi connectivity index (χ2n) is 6.85. The molecule has 0 saturated heterocycles. The summed E-state index contributed by atoms with van der Waals surface area (Å²) < 4.78 is 11.9. The van der Waals surface area contributed by atoms with Crippen molar-refractivity contribution >= 4 is 11.9 Å². The van der Waals surface area contributed by atoms with E-state index in [-0.39, 0.29) is 5.78 Å². The highest BCUT2D eigenvalue weighted by Crippen LogP contribution is 2.42. The van der Waals surface area contributed by atoms with E-state index in [1.165, 1.54) is 0 Å². The predicted octanol–water partition coefficient (Wildman–Crippen LogP) is 4.05. The summed E-state index contributed by atoms with van der Waals surface area (Å²) in [5, 5.41) is 0. The Hall–Kier alpha value is -3.44. The maximum absolute atomic E-state index is 12.8. The molecule has 2 aromatic carbocycles. The van der Waals surface area contributed by atoms with Gasteiger partial charge in [0.1, 0.15) is 18.2 Å². The van der Waals surface area contributed by atoms with Gasteiger partial charge in [-0.05, 0) is 35.9 Å². The van der Waals surface area contributed by atoms with Gasteiger partial charge in [0, 0.05) is 19.3 Å². The highest BCUT2D eigenvalue weighted by molar-refractivity contribution is 6.15. The number of carbonyl (C=O) groups excluding carboxylic acids is 1. The Bertz CT molecular complexity index is 1060.